The first-order chi connectivity index (χ1) is 10.2. The SMILES string of the molecule is Cc1ccc(N2CCN(C(=O)c3ccccc3)CC2)nn1. The molecule has 1 aromatic carbocycles. The highest BCUT2D eigenvalue weighted by Gasteiger charge is 2.22. The maximum absolute atomic E-state index is 12.4. The quantitative estimate of drug-likeness (QED) is 0.842. The minimum Gasteiger partial charge on any atom is -0.352 e. The van der Waals surface area contributed by atoms with E-state index in [9.17, 15) is 4.79 Å². The van der Waals surface area contributed by atoms with E-state index >= 15 is 0 Å². The predicted octanol–water partition coefficient (Wildman–Crippen LogP) is 1.75. The van der Waals surface area contributed by atoms with E-state index in [1.807, 2.05) is 54.3 Å². The van der Waals surface area contributed by atoms with Crippen LogP contribution in [-0.4, -0.2) is 47.2 Å². The van der Waals surface area contributed by atoms with Crippen LogP contribution < -0.4 is 4.90 Å². The van der Waals surface area contributed by atoms with Crippen LogP contribution in [0.5, 0.6) is 0 Å². The van der Waals surface area contributed by atoms with Crippen LogP contribution in [0.3, 0.4) is 0 Å². The molecule has 0 atom stereocenters. The lowest BCUT2D eigenvalue weighted by molar-refractivity contribution is 0.0746. The van der Waals surface area contributed by atoms with Crippen molar-refractivity contribution in [2.24, 2.45) is 0 Å². The van der Waals surface area contributed by atoms with Gasteiger partial charge in [0.1, 0.15) is 0 Å². The van der Waals surface area contributed by atoms with E-state index in [2.05, 4.69) is 15.1 Å². The van der Waals surface area contributed by atoms with Gasteiger partial charge in [0.2, 0.25) is 0 Å². The lowest BCUT2D eigenvalue weighted by Crippen LogP contribution is -2.49. The molecule has 0 bridgehead atoms. The molecule has 0 saturated carbocycles. The first kappa shape index (κ1) is 13.5. The van der Waals surface area contributed by atoms with Crippen molar-refractivity contribution in [2.45, 2.75) is 6.92 Å². The Morgan fingerprint density at radius 2 is 1.67 bits per heavy atom. The summed E-state index contributed by atoms with van der Waals surface area (Å²) in [6.07, 6.45) is 0. The molecule has 0 spiro atoms. The van der Waals surface area contributed by atoms with Gasteiger partial charge in [0.15, 0.2) is 5.82 Å². The highest BCUT2D eigenvalue weighted by Crippen LogP contribution is 2.14. The molecule has 0 unspecified atom stereocenters. The molecule has 0 N–H and O–H groups in total. The van der Waals surface area contributed by atoms with Gasteiger partial charge in [0.05, 0.1) is 5.69 Å². The molecule has 1 fully saturated rings. The third-order valence-electron chi connectivity index (χ3n) is 3.70. The van der Waals surface area contributed by atoms with Gasteiger partial charge in [-0.1, -0.05) is 18.2 Å². The summed E-state index contributed by atoms with van der Waals surface area (Å²) in [5, 5.41) is 8.29. The topological polar surface area (TPSA) is 49.3 Å². The zero-order valence-corrected chi connectivity index (χ0v) is 12.1. The Morgan fingerprint density at radius 1 is 0.952 bits per heavy atom. The molecule has 5 nitrogen and oxygen atoms in total. The molecule has 1 aliphatic heterocycles. The van der Waals surface area contributed by atoms with Gasteiger partial charge in [0.25, 0.3) is 5.91 Å². The number of benzene rings is 1. The van der Waals surface area contributed by atoms with Crippen LogP contribution in [0.1, 0.15) is 16.1 Å². The highest BCUT2D eigenvalue weighted by molar-refractivity contribution is 5.94. The van der Waals surface area contributed by atoms with Crippen LogP contribution in [0, 0.1) is 6.92 Å². The van der Waals surface area contributed by atoms with Crippen LogP contribution >= 0.6 is 0 Å². The minimum absolute atomic E-state index is 0.102. The van der Waals surface area contributed by atoms with Crippen molar-refractivity contribution in [1.82, 2.24) is 15.1 Å². The molecule has 2 heterocycles. The molecule has 1 aliphatic rings. The molecule has 108 valence electrons. The number of aryl methyl sites for hydroxylation is 1. The summed E-state index contributed by atoms with van der Waals surface area (Å²) < 4.78 is 0. The van der Waals surface area contributed by atoms with Crippen molar-refractivity contribution in [3.8, 4) is 0 Å². The van der Waals surface area contributed by atoms with Crippen molar-refractivity contribution < 1.29 is 4.79 Å². The van der Waals surface area contributed by atoms with Gasteiger partial charge in [-0.25, -0.2) is 0 Å². The summed E-state index contributed by atoms with van der Waals surface area (Å²) in [7, 11) is 0. The lowest BCUT2D eigenvalue weighted by atomic mass is 10.2. The van der Waals surface area contributed by atoms with Crippen LogP contribution in [0.25, 0.3) is 0 Å². The Bertz CT molecular complexity index is 604. The second-order valence-electron chi connectivity index (χ2n) is 5.18. The maximum Gasteiger partial charge on any atom is 0.253 e. The van der Waals surface area contributed by atoms with Gasteiger partial charge in [0, 0.05) is 31.7 Å². The van der Waals surface area contributed by atoms with E-state index in [0.29, 0.717) is 13.1 Å². The smallest absolute Gasteiger partial charge is 0.253 e. The fraction of sp³-hybridized carbons (Fsp3) is 0.312. The van der Waals surface area contributed by atoms with Crippen molar-refractivity contribution in [3.63, 3.8) is 0 Å². The number of carbonyl (C=O) groups excluding carboxylic acids is 1. The first-order valence-electron chi connectivity index (χ1n) is 7.13. The molecule has 2 aromatic rings. The van der Waals surface area contributed by atoms with Gasteiger partial charge in [-0.15, -0.1) is 5.10 Å². The highest BCUT2D eigenvalue weighted by atomic mass is 16.2. The molecule has 0 aliphatic carbocycles. The predicted molar refractivity (Wildman–Crippen MR) is 81.3 cm³/mol. The maximum atomic E-state index is 12.4. The number of hydrogen-bond donors (Lipinski definition) is 0. The Kier molecular flexibility index (Phi) is 3.81. The minimum atomic E-state index is 0.102. The molecule has 3 rings (SSSR count). The van der Waals surface area contributed by atoms with E-state index < -0.39 is 0 Å². The summed E-state index contributed by atoms with van der Waals surface area (Å²) in [6, 6.07) is 13.4. The van der Waals surface area contributed by atoms with Gasteiger partial charge in [-0.05, 0) is 31.2 Å². The monoisotopic (exact) mass is 282 g/mol. The molecule has 1 aromatic heterocycles. The number of carbonyl (C=O) groups is 1. The van der Waals surface area contributed by atoms with E-state index in [4.69, 9.17) is 0 Å². The van der Waals surface area contributed by atoms with Gasteiger partial charge >= 0.3 is 0 Å². The number of amides is 1. The largest absolute Gasteiger partial charge is 0.352 e. The summed E-state index contributed by atoms with van der Waals surface area (Å²) in [5.74, 6) is 0.984. The third-order valence-corrected chi connectivity index (χ3v) is 3.70. The third kappa shape index (κ3) is 3.02. The van der Waals surface area contributed by atoms with Gasteiger partial charge < -0.3 is 9.80 Å². The molecular formula is C16H18N4O. The summed E-state index contributed by atoms with van der Waals surface area (Å²) in [6.45, 7) is 4.92. The van der Waals surface area contributed by atoms with Crippen LogP contribution in [-0.2, 0) is 0 Å². The number of nitrogens with zero attached hydrogens (tertiary/aromatic N) is 4. The van der Waals surface area contributed by atoms with Gasteiger partial charge in [-0.2, -0.15) is 5.10 Å². The van der Waals surface area contributed by atoms with E-state index in [-0.39, 0.29) is 5.91 Å². The van der Waals surface area contributed by atoms with Crippen LogP contribution in [0.2, 0.25) is 0 Å². The van der Waals surface area contributed by atoms with Gasteiger partial charge in [-0.3, -0.25) is 4.79 Å². The zero-order valence-electron chi connectivity index (χ0n) is 12.1. The number of piperazine rings is 1. The average Bonchev–Trinajstić information content (AvgIpc) is 2.56. The first-order valence-corrected chi connectivity index (χ1v) is 7.13. The number of anilines is 1. The molecule has 1 saturated heterocycles. The average molecular weight is 282 g/mol. The van der Waals surface area contributed by atoms with Crippen molar-refractivity contribution >= 4 is 11.7 Å². The Hall–Kier alpha value is -2.43. The summed E-state index contributed by atoms with van der Waals surface area (Å²) in [5.41, 5.74) is 1.66. The normalized spacial score (nSPS) is 15.1. The molecule has 21 heavy (non-hydrogen) atoms. The molecule has 5 heteroatoms. The van der Waals surface area contributed by atoms with E-state index in [0.717, 1.165) is 30.2 Å². The lowest BCUT2D eigenvalue weighted by Gasteiger charge is -2.35. The van der Waals surface area contributed by atoms with E-state index in [1.54, 1.807) is 0 Å². The fourth-order valence-electron chi connectivity index (χ4n) is 2.46. The van der Waals surface area contributed by atoms with Crippen molar-refractivity contribution in [2.75, 3.05) is 31.1 Å². The van der Waals surface area contributed by atoms with E-state index in [1.165, 1.54) is 0 Å². The second-order valence-corrected chi connectivity index (χ2v) is 5.18. The summed E-state index contributed by atoms with van der Waals surface area (Å²) >= 11 is 0. The summed E-state index contributed by atoms with van der Waals surface area (Å²) in [4.78, 5) is 16.4. The molecule has 1 amide bonds. The molecule has 0 radical (unpaired) electrons. The van der Waals surface area contributed by atoms with Crippen LogP contribution in [0.15, 0.2) is 42.5 Å². The fourth-order valence-corrected chi connectivity index (χ4v) is 2.46. The van der Waals surface area contributed by atoms with Crippen LogP contribution in [0.4, 0.5) is 5.82 Å². The number of aromatic nitrogens is 2. The second kappa shape index (κ2) is 5.91. The standard InChI is InChI=1S/C16H18N4O/c1-13-7-8-15(18-17-13)19-9-11-20(12-10-19)16(21)14-5-3-2-4-6-14/h2-8H,9-12H2,1H3. The number of rotatable bonds is 2. The molecular weight excluding hydrogens is 264 g/mol. The zero-order chi connectivity index (χ0) is 14.7. The Balaban J connectivity index is 1.63. The Labute approximate surface area is 124 Å². The number of hydrogen-bond acceptors (Lipinski definition) is 4. The Morgan fingerprint density at radius 3 is 2.29 bits per heavy atom. The van der Waals surface area contributed by atoms with Crippen molar-refractivity contribution in [3.05, 3.63) is 53.7 Å². The van der Waals surface area contributed by atoms with Crippen molar-refractivity contribution in [1.29, 1.82) is 0 Å².